The molecule has 0 bridgehead atoms. The summed E-state index contributed by atoms with van der Waals surface area (Å²) in [4.78, 5) is 28.4. The van der Waals surface area contributed by atoms with Crippen molar-refractivity contribution in [2.45, 2.75) is 44.5 Å². The van der Waals surface area contributed by atoms with Gasteiger partial charge in [-0.05, 0) is 41.3 Å². The van der Waals surface area contributed by atoms with Crippen molar-refractivity contribution < 1.29 is 18.4 Å². The number of benzene rings is 3. The minimum atomic E-state index is -0.740. The van der Waals surface area contributed by atoms with E-state index in [1.165, 1.54) is 30.0 Å². The molecule has 4 nitrogen and oxygen atoms in total. The van der Waals surface area contributed by atoms with Crippen molar-refractivity contribution in [3.05, 3.63) is 107 Å². The molecule has 0 heterocycles. The first-order valence-electron chi connectivity index (χ1n) is 12.1. The number of hydrogen-bond acceptors (Lipinski definition) is 3. The highest BCUT2D eigenvalue weighted by atomic mass is 32.2. The highest BCUT2D eigenvalue weighted by Crippen LogP contribution is 2.20. The third-order valence-corrected chi connectivity index (χ3v) is 6.77. The normalized spacial score (nSPS) is 11.6. The molecule has 7 heteroatoms. The van der Waals surface area contributed by atoms with E-state index in [0.29, 0.717) is 24.3 Å². The minimum Gasteiger partial charge on any atom is -0.354 e. The van der Waals surface area contributed by atoms with Crippen LogP contribution < -0.4 is 5.32 Å². The summed E-state index contributed by atoms with van der Waals surface area (Å²) >= 11 is 1.30. The lowest BCUT2D eigenvalue weighted by Gasteiger charge is -2.31. The van der Waals surface area contributed by atoms with Crippen molar-refractivity contribution in [3.8, 4) is 0 Å². The Bertz CT molecular complexity index is 1110. The van der Waals surface area contributed by atoms with Crippen molar-refractivity contribution >= 4 is 23.6 Å². The Hall–Kier alpha value is -3.19. The van der Waals surface area contributed by atoms with Crippen LogP contribution in [0.4, 0.5) is 8.78 Å². The third-order valence-electron chi connectivity index (χ3n) is 5.81. The molecular weight excluding hydrogens is 478 g/mol. The van der Waals surface area contributed by atoms with Crippen LogP contribution >= 0.6 is 11.8 Å². The molecule has 190 valence electrons. The molecular formula is C29H32F2N2O2S. The maximum atomic E-state index is 14.0. The molecule has 2 amide bonds. The standard InChI is InChI=1S/C29H32F2N2O2S/c1-2-3-17-32-29(35)27(18-22-9-5-4-6-10-22)33(19-23-13-15-25(30)16-14-23)28(34)21-36-20-24-11-7-8-12-26(24)31/h4-16,27H,2-3,17-21H2,1H3,(H,32,35)/t27-/m1/s1. The Labute approximate surface area is 216 Å². The topological polar surface area (TPSA) is 49.4 Å². The van der Waals surface area contributed by atoms with E-state index in [0.717, 1.165) is 24.0 Å². The third kappa shape index (κ3) is 8.48. The van der Waals surface area contributed by atoms with Gasteiger partial charge in [0.05, 0.1) is 5.75 Å². The quantitative estimate of drug-likeness (QED) is 0.298. The monoisotopic (exact) mass is 510 g/mol. The molecule has 0 saturated carbocycles. The van der Waals surface area contributed by atoms with Gasteiger partial charge >= 0.3 is 0 Å². The fourth-order valence-electron chi connectivity index (χ4n) is 3.79. The SMILES string of the molecule is CCCCNC(=O)[C@@H](Cc1ccccc1)N(Cc1ccc(F)cc1)C(=O)CSCc1ccccc1F. The predicted molar refractivity (Wildman–Crippen MR) is 141 cm³/mol. The Morgan fingerprint density at radius 3 is 2.31 bits per heavy atom. The maximum Gasteiger partial charge on any atom is 0.243 e. The van der Waals surface area contributed by atoms with Crippen LogP contribution in [0.5, 0.6) is 0 Å². The van der Waals surface area contributed by atoms with Gasteiger partial charge in [-0.15, -0.1) is 11.8 Å². The van der Waals surface area contributed by atoms with Gasteiger partial charge in [0.25, 0.3) is 0 Å². The van der Waals surface area contributed by atoms with Gasteiger partial charge in [0.1, 0.15) is 17.7 Å². The lowest BCUT2D eigenvalue weighted by Crippen LogP contribution is -2.51. The summed E-state index contributed by atoms with van der Waals surface area (Å²) in [5.74, 6) is -0.694. The summed E-state index contributed by atoms with van der Waals surface area (Å²) in [6.45, 7) is 2.74. The number of unbranched alkanes of at least 4 members (excludes halogenated alkanes) is 1. The van der Waals surface area contributed by atoms with Gasteiger partial charge in [0.15, 0.2) is 0 Å². The number of nitrogens with one attached hydrogen (secondary N) is 1. The molecule has 0 unspecified atom stereocenters. The number of carbonyl (C=O) groups is 2. The van der Waals surface area contributed by atoms with Gasteiger partial charge in [-0.25, -0.2) is 8.78 Å². The molecule has 36 heavy (non-hydrogen) atoms. The van der Waals surface area contributed by atoms with E-state index in [2.05, 4.69) is 5.32 Å². The van der Waals surface area contributed by atoms with Crippen molar-refractivity contribution in [1.82, 2.24) is 10.2 Å². The summed E-state index contributed by atoms with van der Waals surface area (Å²) in [6.07, 6.45) is 2.13. The molecule has 0 aromatic heterocycles. The van der Waals surface area contributed by atoms with Crippen LogP contribution in [0, 0.1) is 11.6 Å². The second-order valence-electron chi connectivity index (χ2n) is 8.58. The Morgan fingerprint density at radius 2 is 1.61 bits per heavy atom. The number of thioether (sulfide) groups is 1. The molecule has 0 radical (unpaired) electrons. The van der Waals surface area contributed by atoms with Gasteiger partial charge in [0.2, 0.25) is 11.8 Å². The molecule has 3 aromatic rings. The molecule has 3 rings (SSSR count). The number of carbonyl (C=O) groups excluding carboxylic acids is 2. The molecule has 0 aliphatic carbocycles. The van der Waals surface area contributed by atoms with Crippen molar-refractivity contribution in [2.24, 2.45) is 0 Å². The van der Waals surface area contributed by atoms with E-state index in [1.807, 2.05) is 37.3 Å². The Kier molecular flexibility index (Phi) is 11.0. The van der Waals surface area contributed by atoms with E-state index in [4.69, 9.17) is 0 Å². The average Bonchev–Trinajstić information content (AvgIpc) is 2.89. The fourth-order valence-corrected chi connectivity index (χ4v) is 4.69. The van der Waals surface area contributed by atoms with Crippen LogP contribution in [-0.4, -0.2) is 35.1 Å². The highest BCUT2D eigenvalue weighted by molar-refractivity contribution is 7.99. The van der Waals surface area contributed by atoms with Gasteiger partial charge < -0.3 is 10.2 Å². The van der Waals surface area contributed by atoms with Gasteiger partial charge in [-0.1, -0.05) is 74.0 Å². The molecule has 1 atom stereocenters. The zero-order valence-corrected chi connectivity index (χ0v) is 21.3. The minimum absolute atomic E-state index is 0.0864. The first kappa shape index (κ1) is 27.4. The number of rotatable bonds is 13. The number of halogens is 2. The zero-order chi connectivity index (χ0) is 25.8. The maximum absolute atomic E-state index is 14.0. The van der Waals surface area contributed by atoms with E-state index < -0.39 is 6.04 Å². The molecule has 0 fully saturated rings. The van der Waals surface area contributed by atoms with Crippen LogP contribution in [0.1, 0.15) is 36.5 Å². The molecule has 0 aliphatic heterocycles. The summed E-state index contributed by atoms with van der Waals surface area (Å²) in [7, 11) is 0. The summed E-state index contributed by atoms with van der Waals surface area (Å²) in [6, 6.07) is 21.2. The number of hydrogen-bond donors (Lipinski definition) is 1. The summed E-state index contributed by atoms with van der Waals surface area (Å²) in [5, 5.41) is 2.97. The zero-order valence-electron chi connectivity index (χ0n) is 20.5. The average molecular weight is 511 g/mol. The largest absolute Gasteiger partial charge is 0.354 e. The van der Waals surface area contributed by atoms with E-state index in [9.17, 15) is 18.4 Å². The Morgan fingerprint density at radius 1 is 0.917 bits per heavy atom. The van der Waals surface area contributed by atoms with Crippen molar-refractivity contribution in [2.75, 3.05) is 12.3 Å². The lowest BCUT2D eigenvalue weighted by molar-refractivity contribution is -0.139. The molecule has 0 saturated heterocycles. The van der Waals surface area contributed by atoms with E-state index in [-0.39, 0.29) is 35.7 Å². The van der Waals surface area contributed by atoms with Gasteiger partial charge in [0, 0.05) is 25.3 Å². The van der Waals surface area contributed by atoms with Crippen LogP contribution in [0.3, 0.4) is 0 Å². The fraction of sp³-hybridized carbons (Fsp3) is 0.310. The van der Waals surface area contributed by atoms with E-state index >= 15 is 0 Å². The van der Waals surface area contributed by atoms with Crippen molar-refractivity contribution in [1.29, 1.82) is 0 Å². The predicted octanol–water partition coefficient (Wildman–Crippen LogP) is 5.75. The molecule has 3 aromatic carbocycles. The summed E-state index contributed by atoms with van der Waals surface area (Å²) < 4.78 is 27.5. The lowest BCUT2D eigenvalue weighted by atomic mass is 10.0. The van der Waals surface area contributed by atoms with Gasteiger partial charge in [-0.3, -0.25) is 9.59 Å². The number of amides is 2. The van der Waals surface area contributed by atoms with Gasteiger partial charge in [-0.2, -0.15) is 0 Å². The highest BCUT2D eigenvalue weighted by Gasteiger charge is 2.30. The second-order valence-corrected chi connectivity index (χ2v) is 9.57. The summed E-state index contributed by atoms with van der Waals surface area (Å²) in [5.41, 5.74) is 2.19. The smallest absolute Gasteiger partial charge is 0.243 e. The molecule has 1 N–H and O–H groups in total. The van der Waals surface area contributed by atoms with E-state index in [1.54, 1.807) is 35.2 Å². The van der Waals surface area contributed by atoms with Crippen LogP contribution in [0.25, 0.3) is 0 Å². The number of nitrogens with zero attached hydrogens (tertiary/aromatic N) is 1. The first-order valence-corrected chi connectivity index (χ1v) is 13.3. The van der Waals surface area contributed by atoms with Crippen LogP contribution in [-0.2, 0) is 28.3 Å². The molecule has 0 aliphatic rings. The van der Waals surface area contributed by atoms with Crippen LogP contribution in [0.2, 0.25) is 0 Å². The van der Waals surface area contributed by atoms with Crippen molar-refractivity contribution in [3.63, 3.8) is 0 Å². The van der Waals surface area contributed by atoms with Crippen LogP contribution in [0.15, 0.2) is 78.9 Å². The first-order chi connectivity index (χ1) is 17.5. The molecule has 0 spiro atoms. The second kappa shape index (κ2) is 14.4. The Balaban J connectivity index is 1.83.